The van der Waals surface area contributed by atoms with Crippen molar-refractivity contribution in [2.24, 2.45) is 5.92 Å². The van der Waals surface area contributed by atoms with Crippen LogP contribution in [0.4, 0.5) is 23.4 Å². The molecule has 3 heterocycles. The van der Waals surface area contributed by atoms with Crippen LogP contribution in [0.3, 0.4) is 0 Å². The monoisotopic (exact) mass is 454 g/mol. The maximum absolute atomic E-state index is 13.0. The number of ether oxygens (including phenoxy) is 1. The van der Waals surface area contributed by atoms with Gasteiger partial charge >= 0.3 is 12.3 Å². The van der Waals surface area contributed by atoms with E-state index in [9.17, 15) is 27.2 Å². The molecule has 0 spiro atoms. The SMILES string of the molecule is CC(C)C(=O)Nc1nccc2c1CN(C(C)c1ccc(OCC(F)(F)C(F)F)nc1)C2=O. The van der Waals surface area contributed by atoms with Crippen LogP contribution >= 0.6 is 0 Å². The van der Waals surface area contributed by atoms with Gasteiger partial charge in [0.1, 0.15) is 5.82 Å². The smallest absolute Gasteiger partial charge is 0.340 e. The number of hydrogen-bond donors (Lipinski definition) is 1. The number of carbonyl (C=O) groups excluding carboxylic acids is 2. The van der Waals surface area contributed by atoms with Crippen molar-refractivity contribution >= 4 is 17.6 Å². The fourth-order valence-electron chi connectivity index (χ4n) is 3.07. The summed E-state index contributed by atoms with van der Waals surface area (Å²) in [6, 6.07) is 3.92. The second-order valence-corrected chi connectivity index (χ2v) is 7.72. The molecule has 32 heavy (non-hydrogen) atoms. The molecule has 1 aliphatic rings. The number of nitrogens with one attached hydrogen (secondary N) is 1. The van der Waals surface area contributed by atoms with Gasteiger partial charge in [0.05, 0.1) is 12.6 Å². The third-order valence-electron chi connectivity index (χ3n) is 5.08. The van der Waals surface area contributed by atoms with Gasteiger partial charge in [0, 0.05) is 35.5 Å². The summed E-state index contributed by atoms with van der Waals surface area (Å²) >= 11 is 0. The molecule has 1 N–H and O–H groups in total. The Kier molecular flexibility index (Phi) is 6.65. The van der Waals surface area contributed by atoms with Crippen LogP contribution in [0.5, 0.6) is 5.88 Å². The van der Waals surface area contributed by atoms with E-state index in [1.807, 2.05) is 0 Å². The van der Waals surface area contributed by atoms with Gasteiger partial charge in [-0.3, -0.25) is 9.59 Å². The molecule has 2 aromatic heterocycles. The molecule has 3 rings (SSSR count). The number of aromatic nitrogens is 2. The second kappa shape index (κ2) is 9.09. The number of carbonyl (C=O) groups is 2. The Balaban J connectivity index is 1.72. The van der Waals surface area contributed by atoms with Crippen LogP contribution in [0.1, 0.15) is 48.3 Å². The maximum Gasteiger partial charge on any atom is 0.340 e. The van der Waals surface area contributed by atoms with Gasteiger partial charge in [-0.05, 0) is 18.6 Å². The Hall–Kier alpha value is -3.24. The molecule has 0 aliphatic carbocycles. The molecule has 0 radical (unpaired) electrons. The van der Waals surface area contributed by atoms with E-state index in [0.29, 0.717) is 22.5 Å². The number of amides is 2. The van der Waals surface area contributed by atoms with Crippen molar-refractivity contribution in [2.75, 3.05) is 11.9 Å². The van der Waals surface area contributed by atoms with Gasteiger partial charge in [-0.2, -0.15) is 8.78 Å². The number of hydrogen-bond acceptors (Lipinski definition) is 5. The Morgan fingerprint density at radius 1 is 1.22 bits per heavy atom. The lowest BCUT2D eigenvalue weighted by Crippen LogP contribution is -2.33. The summed E-state index contributed by atoms with van der Waals surface area (Å²) < 4.78 is 55.1. The molecule has 0 fully saturated rings. The Morgan fingerprint density at radius 3 is 2.53 bits per heavy atom. The van der Waals surface area contributed by atoms with Crippen molar-refractivity contribution < 1.29 is 31.9 Å². The molecule has 1 unspecified atom stereocenters. The van der Waals surface area contributed by atoms with Gasteiger partial charge in [-0.15, -0.1) is 0 Å². The van der Waals surface area contributed by atoms with E-state index in [-0.39, 0.29) is 30.2 Å². The standard InChI is InChI=1S/C21H22F4N4O3/c1-11(2)18(30)28-17-15-9-29(19(31)14(15)6-7-26-17)12(3)13-4-5-16(27-8-13)32-10-21(24,25)20(22)23/h4-8,11-12,20H,9-10H2,1-3H3,(H,26,28,30). The first kappa shape index (κ1) is 23.4. The van der Waals surface area contributed by atoms with E-state index < -0.39 is 25.0 Å². The topological polar surface area (TPSA) is 84.4 Å². The van der Waals surface area contributed by atoms with Crippen LogP contribution in [0.15, 0.2) is 30.6 Å². The first-order chi connectivity index (χ1) is 15.0. The molecule has 11 heteroatoms. The lowest BCUT2D eigenvalue weighted by Gasteiger charge is -2.24. The van der Waals surface area contributed by atoms with Gasteiger partial charge in [0.15, 0.2) is 6.61 Å². The molecule has 0 aromatic carbocycles. The molecule has 172 valence electrons. The summed E-state index contributed by atoms with van der Waals surface area (Å²) in [6.07, 6.45) is -1.06. The van der Waals surface area contributed by atoms with Crippen molar-refractivity contribution in [2.45, 2.75) is 45.7 Å². The van der Waals surface area contributed by atoms with Crippen molar-refractivity contribution in [3.05, 3.63) is 47.3 Å². The normalized spacial score (nSPS) is 14.7. The van der Waals surface area contributed by atoms with E-state index in [1.54, 1.807) is 31.7 Å². The summed E-state index contributed by atoms with van der Waals surface area (Å²) in [6.45, 7) is 3.95. The molecule has 2 aromatic rings. The summed E-state index contributed by atoms with van der Waals surface area (Å²) in [7, 11) is 0. The molecule has 0 saturated carbocycles. The first-order valence-electron chi connectivity index (χ1n) is 9.85. The highest BCUT2D eigenvalue weighted by Crippen LogP contribution is 2.34. The average molecular weight is 454 g/mol. The largest absolute Gasteiger partial charge is 0.471 e. The van der Waals surface area contributed by atoms with Crippen LogP contribution in [0, 0.1) is 5.92 Å². The zero-order valence-electron chi connectivity index (χ0n) is 17.6. The minimum atomic E-state index is -4.28. The Bertz CT molecular complexity index is 999. The molecule has 2 amide bonds. The molecular formula is C21H22F4N4O3. The quantitative estimate of drug-likeness (QED) is 0.608. The van der Waals surface area contributed by atoms with Crippen molar-refractivity contribution in [3.63, 3.8) is 0 Å². The number of alkyl halides is 4. The highest BCUT2D eigenvalue weighted by molar-refractivity contribution is 6.01. The molecule has 1 atom stereocenters. The van der Waals surface area contributed by atoms with Crippen molar-refractivity contribution in [1.29, 1.82) is 0 Å². The third-order valence-corrected chi connectivity index (χ3v) is 5.08. The molecular weight excluding hydrogens is 432 g/mol. The van der Waals surface area contributed by atoms with E-state index in [4.69, 9.17) is 0 Å². The number of nitrogens with zero attached hydrogens (tertiary/aromatic N) is 3. The number of rotatable bonds is 8. The summed E-state index contributed by atoms with van der Waals surface area (Å²) in [5.74, 6) is -4.93. The number of anilines is 1. The number of pyridine rings is 2. The van der Waals surface area contributed by atoms with Crippen LogP contribution in [-0.4, -0.2) is 45.6 Å². The van der Waals surface area contributed by atoms with E-state index in [2.05, 4.69) is 20.0 Å². The summed E-state index contributed by atoms with van der Waals surface area (Å²) in [4.78, 5) is 34.6. The number of halogens is 4. The van der Waals surface area contributed by atoms with E-state index in [0.717, 1.165) is 0 Å². The lowest BCUT2D eigenvalue weighted by atomic mass is 10.1. The Morgan fingerprint density at radius 2 is 1.94 bits per heavy atom. The summed E-state index contributed by atoms with van der Waals surface area (Å²) in [5.41, 5.74) is 1.60. The van der Waals surface area contributed by atoms with Gasteiger partial charge in [0.2, 0.25) is 11.8 Å². The zero-order chi connectivity index (χ0) is 23.6. The lowest BCUT2D eigenvalue weighted by molar-refractivity contribution is -0.148. The third kappa shape index (κ3) is 4.81. The van der Waals surface area contributed by atoms with Crippen LogP contribution in [-0.2, 0) is 11.3 Å². The zero-order valence-corrected chi connectivity index (χ0v) is 17.6. The van der Waals surface area contributed by atoms with Gasteiger partial charge < -0.3 is 15.0 Å². The van der Waals surface area contributed by atoms with Gasteiger partial charge in [-0.25, -0.2) is 18.7 Å². The fourth-order valence-corrected chi connectivity index (χ4v) is 3.07. The van der Waals surface area contributed by atoms with Crippen LogP contribution in [0.25, 0.3) is 0 Å². The number of fused-ring (bicyclic) bond motifs is 1. The van der Waals surface area contributed by atoms with Crippen molar-refractivity contribution in [1.82, 2.24) is 14.9 Å². The first-order valence-corrected chi connectivity index (χ1v) is 9.85. The predicted octanol–water partition coefficient (Wildman–Crippen LogP) is 4.07. The fraction of sp³-hybridized carbons (Fsp3) is 0.429. The maximum atomic E-state index is 13.0. The highest BCUT2D eigenvalue weighted by Gasteiger charge is 2.42. The van der Waals surface area contributed by atoms with Crippen LogP contribution < -0.4 is 10.1 Å². The van der Waals surface area contributed by atoms with Gasteiger partial charge in [-0.1, -0.05) is 19.9 Å². The van der Waals surface area contributed by atoms with E-state index in [1.165, 1.54) is 24.5 Å². The summed E-state index contributed by atoms with van der Waals surface area (Å²) in [5, 5.41) is 2.73. The second-order valence-electron chi connectivity index (χ2n) is 7.72. The highest BCUT2D eigenvalue weighted by atomic mass is 19.3. The molecule has 1 aliphatic heterocycles. The average Bonchev–Trinajstić information content (AvgIpc) is 3.09. The van der Waals surface area contributed by atoms with Gasteiger partial charge in [0.25, 0.3) is 5.91 Å². The predicted molar refractivity (Wildman–Crippen MR) is 107 cm³/mol. The molecule has 7 nitrogen and oxygen atoms in total. The molecule has 0 saturated heterocycles. The van der Waals surface area contributed by atoms with E-state index >= 15 is 0 Å². The minimum Gasteiger partial charge on any atom is -0.471 e. The Labute approximate surface area is 181 Å². The molecule has 0 bridgehead atoms. The minimum absolute atomic E-state index is 0.204. The van der Waals surface area contributed by atoms with Crippen LogP contribution in [0.2, 0.25) is 0 Å². The van der Waals surface area contributed by atoms with Crippen molar-refractivity contribution in [3.8, 4) is 5.88 Å².